The average Bonchev–Trinajstić information content (AvgIpc) is 2.48. The van der Waals surface area contributed by atoms with Gasteiger partial charge < -0.3 is 9.84 Å². The average molecular weight is 281 g/mol. The molecular formula is C9H13ClN2O4S. The van der Waals surface area contributed by atoms with Gasteiger partial charge in [0.15, 0.2) is 5.13 Å². The van der Waals surface area contributed by atoms with Gasteiger partial charge in [0, 0.05) is 0 Å². The molecule has 0 unspecified atom stereocenters. The molecule has 0 aliphatic carbocycles. The molecule has 0 aliphatic heterocycles. The molecule has 1 aromatic rings. The Bertz CT molecular complexity index is 413. The Hall–Kier alpha value is -1.34. The second-order valence-corrected chi connectivity index (χ2v) is 4.99. The van der Waals surface area contributed by atoms with Gasteiger partial charge in [0.25, 0.3) is 0 Å². The second-order valence-electron chi connectivity index (χ2n) is 3.96. The highest BCUT2D eigenvalue weighted by atomic mass is 35.5. The number of halogens is 1. The molecule has 0 aromatic carbocycles. The summed E-state index contributed by atoms with van der Waals surface area (Å²) < 4.78 is 4.98. The molecule has 6 nitrogen and oxygen atoms in total. The van der Waals surface area contributed by atoms with E-state index in [9.17, 15) is 9.59 Å². The standard InChI is InChI=1S/C9H12N2O4S.ClH/c1-9(2,3)15-8(14)11-7-10-4-5(16-7)6(12)13;/h4H,1-3H3,(H,12,13)(H,10,11,14);1H. The number of nitrogens with zero attached hydrogens (tertiary/aromatic N) is 1. The number of amides is 1. The van der Waals surface area contributed by atoms with Crippen molar-refractivity contribution in [2.45, 2.75) is 26.4 Å². The fourth-order valence-corrected chi connectivity index (χ4v) is 1.46. The largest absolute Gasteiger partial charge is 0.477 e. The summed E-state index contributed by atoms with van der Waals surface area (Å²) in [6.45, 7) is 5.20. The molecule has 0 spiro atoms. The summed E-state index contributed by atoms with van der Waals surface area (Å²) in [5, 5.41) is 11.2. The summed E-state index contributed by atoms with van der Waals surface area (Å²) >= 11 is 0.873. The van der Waals surface area contributed by atoms with E-state index in [2.05, 4.69) is 10.3 Å². The Kier molecular flexibility index (Phi) is 5.37. The molecule has 0 radical (unpaired) electrons. The summed E-state index contributed by atoms with van der Waals surface area (Å²) in [5.41, 5.74) is -0.600. The number of hydrogen-bond acceptors (Lipinski definition) is 5. The van der Waals surface area contributed by atoms with Gasteiger partial charge in [-0.1, -0.05) is 11.3 Å². The van der Waals surface area contributed by atoms with Crippen molar-refractivity contribution >= 4 is 40.9 Å². The lowest BCUT2D eigenvalue weighted by molar-refractivity contribution is 0.0634. The van der Waals surface area contributed by atoms with Crippen LogP contribution in [-0.4, -0.2) is 27.8 Å². The van der Waals surface area contributed by atoms with Gasteiger partial charge in [0.1, 0.15) is 10.5 Å². The van der Waals surface area contributed by atoms with E-state index in [1.807, 2.05) is 0 Å². The number of aromatic nitrogens is 1. The minimum atomic E-state index is -1.07. The molecule has 1 amide bonds. The number of aromatic carboxylic acids is 1. The Morgan fingerprint density at radius 3 is 2.47 bits per heavy atom. The van der Waals surface area contributed by atoms with Crippen LogP contribution < -0.4 is 5.32 Å². The molecule has 0 bridgehead atoms. The number of hydrogen-bond donors (Lipinski definition) is 2. The molecule has 0 fully saturated rings. The van der Waals surface area contributed by atoms with Crippen molar-refractivity contribution < 1.29 is 19.4 Å². The first kappa shape index (κ1) is 15.7. The van der Waals surface area contributed by atoms with Crippen molar-refractivity contribution in [1.82, 2.24) is 4.98 Å². The van der Waals surface area contributed by atoms with Gasteiger partial charge in [0.2, 0.25) is 0 Å². The summed E-state index contributed by atoms with van der Waals surface area (Å²) in [7, 11) is 0. The van der Waals surface area contributed by atoms with E-state index < -0.39 is 17.7 Å². The van der Waals surface area contributed by atoms with E-state index in [4.69, 9.17) is 9.84 Å². The van der Waals surface area contributed by atoms with Gasteiger partial charge in [-0.25, -0.2) is 14.6 Å². The lowest BCUT2D eigenvalue weighted by Gasteiger charge is -2.18. The van der Waals surface area contributed by atoms with Gasteiger partial charge in [-0.05, 0) is 20.8 Å². The van der Waals surface area contributed by atoms with Gasteiger partial charge in [-0.15, -0.1) is 12.4 Å². The van der Waals surface area contributed by atoms with E-state index in [1.165, 1.54) is 6.20 Å². The zero-order valence-corrected chi connectivity index (χ0v) is 11.1. The third-order valence-electron chi connectivity index (χ3n) is 1.32. The molecule has 1 rings (SSSR count). The van der Waals surface area contributed by atoms with Crippen molar-refractivity contribution in [2.75, 3.05) is 5.32 Å². The highest BCUT2D eigenvalue weighted by Crippen LogP contribution is 2.18. The van der Waals surface area contributed by atoms with Crippen molar-refractivity contribution in [2.24, 2.45) is 0 Å². The Morgan fingerprint density at radius 1 is 1.47 bits per heavy atom. The summed E-state index contributed by atoms with van der Waals surface area (Å²) in [5.74, 6) is -1.07. The van der Waals surface area contributed by atoms with Crippen LogP contribution in [0.2, 0.25) is 0 Å². The van der Waals surface area contributed by atoms with Crippen LogP contribution in [0.4, 0.5) is 9.93 Å². The van der Waals surface area contributed by atoms with Crippen LogP contribution in [0.15, 0.2) is 6.20 Å². The van der Waals surface area contributed by atoms with Gasteiger partial charge in [-0.3, -0.25) is 5.32 Å². The number of anilines is 1. The number of ether oxygens (including phenoxy) is 1. The Balaban J connectivity index is 0.00000256. The van der Waals surface area contributed by atoms with Crippen molar-refractivity contribution in [1.29, 1.82) is 0 Å². The molecule has 0 atom stereocenters. The number of nitrogens with one attached hydrogen (secondary N) is 1. The summed E-state index contributed by atoms with van der Waals surface area (Å²) in [6, 6.07) is 0. The molecular weight excluding hydrogens is 268 g/mol. The third kappa shape index (κ3) is 5.50. The zero-order valence-electron chi connectivity index (χ0n) is 9.51. The maximum atomic E-state index is 11.3. The van der Waals surface area contributed by atoms with E-state index in [0.29, 0.717) is 0 Å². The predicted octanol–water partition coefficient (Wildman–Crippen LogP) is 2.61. The first-order chi connectivity index (χ1) is 7.28. The van der Waals surface area contributed by atoms with Crippen molar-refractivity contribution in [3.63, 3.8) is 0 Å². The Morgan fingerprint density at radius 2 is 2.06 bits per heavy atom. The first-order valence-corrected chi connectivity index (χ1v) is 5.29. The maximum Gasteiger partial charge on any atom is 0.413 e. The molecule has 0 saturated carbocycles. The highest BCUT2D eigenvalue weighted by molar-refractivity contribution is 7.17. The Labute approximate surface area is 108 Å². The fraction of sp³-hybridized carbons (Fsp3) is 0.444. The molecule has 0 saturated heterocycles. The quantitative estimate of drug-likeness (QED) is 0.869. The molecule has 17 heavy (non-hydrogen) atoms. The zero-order chi connectivity index (χ0) is 12.3. The number of rotatable bonds is 2. The van der Waals surface area contributed by atoms with E-state index in [-0.39, 0.29) is 22.4 Å². The number of carboxylic acid groups (broad SMARTS) is 1. The normalized spacial score (nSPS) is 10.3. The van der Waals surface area contributed by atoms with Crippen LogP contribution in [0.3, 0.4) is 0 Å². The minimum absolute atomic E-state index is 0. The van der Waals surface area contributed by atoms with E-state index in [1.54, 1.807) is 20.8 Å². The van der Waals surface area contributed by atoms with Crippen LogP contribution in [0.5, 0.6) is 0 Å². The van der Waals surface area contributed by atoms with Gasteiger partial charge in [-0.2, -0.15) is 0 Å². The molecule has 2 N–H and O–H groups in total. The number of carboxylic acids is 1. The highest BCUT2D eigenvalue weighted by Gasteiger charge is 2.17. The molecule has 1 heterocycles. The number of thiazole rings is 1. The maximum absolute atomic E-state index is 11.3. The van der Waals surface area contributed by atoms with Crippen molar-refractivity contribution in [3.8, 4) is 0 Å². The lowest BCUT2D eigenvalue weighted by atomic mass is 10.2. The van der Waals surface area contributed by atoms with Crippen molar-refractivity contribution in [3.05, 3.63) is 11.1 Å². The third-order valence-corrected chi connectivity index (χ3v) is 2.23. The van der Waals surface area contributed by atoms with Crippen LogP contribution in [0, 0.1) is 0 Å². The molecule has 0 aliphatic rings. The van der Waals surface area contributed by atoms with Crippen LogP contribution in [0.25, 0.3) is 0 Å². The molecule has 96 valence electrons. The minimum Gasteiger partial charge on any atom is -0.477 e. The second kappa shape index (κ2) is 5.83. The fourth-order valence-electron chi connectivity index (χ4n) is 0.822. The van der Waals surface area contributed by atoms with Crippen LogP contribution in [-0.2, 0) is 4.74 Å². The summed E-state index contributed by atoms with van der Waals surface area (Å²) in [4.78, 5) is 25.6. The summed E-state index contributed by atoms with van der Waals surface area (Å²) in [6.07, 6.45) is 0.526. The van der Waals surface area contributed by atoms with E-state index in [0.717, 1.165) is 11.3 Å². The monoisotopic (exact) mass is 280 g/mol. The molecule has 1 aromatic heterocycles. The first-order valence-electron chi connectivity index (χ1n) is 4.47. The lowest BCUT2D eigenvalue weighted by Crippen LogP contribution is -2.27. The predicted molar refractivity (Wildman–Crippen MR) is 66.2 cm³/mol. The number of carbonyl (C=O) groups is 2. The van der Waals surface area contributed by atoms with Gasteiger partial charge in [0.05, 0.1) is 6.20 Å². The smallest absolute Gasteiger partial charge is 0.413 e. The van der Waals surface area contributed by atoms with Crippen LogP contribution >= 0.6 is 23.7 Å². The molecule has 8 heteroatoms. The van der Waals surface area contributed by atoms with Gasteiger partial charge >= 0.3 is 12.1 Å². The van der Waals surface area contributed by atoms with Crippen LogP contribution in [0.1, 0.15) is 30.4 Å². The number of carbonyl (C=O) groups excluding carboxylic acids is 1. The van der Waals surface area contributed by atoms with E-state index >= 15 is 0 Å². The topological polar surface area (TPSA) is 88.5 Å². The SMILES string of the molecule is CC(C)(C)OC(=O)Nc1ncc(C(=O)O)s1.Cl.